The van der Waals surface area contributed by atoms with Crippen LogP contribution in [0.1, 0.15) is 5.56 Å². The lowest BCUT2D eigenvalue weighted by Gasteiger charge is -2.13. The Bertz CT molecular complexity index is 1420. The van der Waals surface area contributed by atoms with E-state index in [1.54, 1.807) is 23.0 Å². The van der Waals surface area contributed by atoms with Gasteiger partial charge in [-0.1, -0.05) is 36.4 Å². The van der Waals surface area contributed by atoms with E-state index in [0.717, 1.165) is 16.9 Å². The van der Waals surface area contributed by atoms with Crippen LogP contribution in [0.25, 0.3) is 28.0 Å². The number of anilines is 3. The molecular weight excluding hydrogens is 386 g/mol. The first-order valence-electron chi connectivity index (χ1n) is 9.66. The van der Waals surface area contributed by atoms with E-state index < -0.39 is 0 Å². The first kappa shape index (κ1) is 18.3. The van der Waals surface area contributed by atoms with Crippen molar-refractivity contribution in [3.05, 3.63) is 90.8 Å². The van der Waals surface area contributed by atoms with Crippen LogP contribution in [0, 0.1) is 11.3 Å². The summed E-state index contributed by atoms with van der Waals surface area (Å²) in [7, 11) is 0. The maximum absolute atomic E-state index is 9.64. The number of rotatable bonds is 4. The summed E-state index contributed by atoms with van der Waals surface area (Å²) >= 11 is 0. The Morgan fingerprint density at radius 2 is 1.68 bits per heavy atom. The third kappa shape index (κ3) is 3.32. The molecule has 0 aliphatic rings. The lowest BCUT2D eigenvalue weighted by molar-refractivity contribution is 0.963. The predicted octanol–water partition coefficient (Wildman–Crippen LogP) is 4.66. The third-order valence-electron chi connectivity index (χ3n) is 4.94. The van der Waals surface area contributed by atoms with Gasteiger partial charge in [-0.15, -0.1) is 5.10 Å². The molecule has 0 atom stereocenters. The summed E-state index contributed by atoms with van der Waals surface area (Å²) in [6.07, 6.45) is 3.42. The Morgan fingerprint density at radius 1 is 0.935 bits per heavy atom. The fourth-order valence-electron chi connectivity index (χ4n) is 3.54. The van der Waals surface area contributed by atoms with Gasteiger partial charge < -0.3 is 11.1 Å². The number of benzene rings is 2. The number of nitrogen functional groups attached to an aromatic ring is 1. The lowest BCUT2D eigenvalue weighted by Crippen LogP contribution is -2.05. The molecule has 2 aromatic carbocycles. The molecule has 5 rings (SSSR count). The van der Waals surface area contributed by atoms with Crippen molar-refractivity contribution in [2.75, 3.05) is 11.1 Å². The van der Waals surface area contributed by atoms with Gasteiger partial charge in [0.2, 0.25) is 0 Å². The van der Waals surface area contributed by atoms with Gasteiger partial charge in [0, 0.05) is 35.3 Å². The summed E-state index contributed by atoms with van der Waals surface area (Å²) < 4.78 is 1.77. The zero-order chi connectivity index (χ0) is 21.2. The molecule has 0 amide bonds. The Balaban J connectivity index is 1.79. The van der Waals surface area contributed by atoms with E-state index in [1.165, 1.54) is 0 Å². The summed E-state index contributed by atoms with van der Waals surface area (Å²) in [5, 5.41) is 17.7. The molecule has 3 aromatic heterocycles. The highest BCUT2D eigenvalue weighted by Gasteiger charge is 2.20. The molecule has 31 heavy (non-hydrogen) atoms. The highest BCUT2D eigenvalue weighted by Crippen LogP contribution is 2.35. The highest BCUT2D eigenvalue weighted by molar-refractivity contribution is 5.86. The van der Waals surface area contributed by atoms with E-state index >= 15 is 0 Å². The monoisotopic (exact) mass is 403 g/mol. The Hall–Kier alpha value is -4.70. The van der Waals surface area contributed by atoms with Gasteiger partial charge in [-0.05, 0) is 30.3 Å². The molecule has 0 saturated carbocycles. The topological polar surface area (TPSA) is 105 Å². The fraction of sp³-hybridized carbons (Fsp3) is 0. The van der Waals surface area contributed by atoms with E-state index in [2.05, 4.69) is 16.4 Å². The van der Waals surface area contributed by atoms with Crippen LogP contribution in [-0.2, 0) is 0 Å². The molecule has 3 heterocycles. The van der Waals surface area contributed by atoms with E-state index in [0.29, 0.717) is 34.0 Å². The van der Waals surface area contributed by atoms with Crippen LogP contribution in [0.2, 0.25) is 0 Å². The largest absolute Gasteiger partial charge is 0.382 e. The summed E-state index contributed by atoms with van der Waals surface area (Å²) in [5.74, 6) is 0.967. The Kier molecular flexibility index (Phi) is 4.50. The second kappa shape index (κ2) is 7.61. The van der Waals surface area contributed by atoms with Crippen molar-refractivity contribution in [3.8, 4) is 28.6 Å². The van der Waals surface area contributed by atoms with Crippen molar-refractivity contribution in [1.82, 2.24) is 19.6 Å². The fourth-order valence-corrected chi connectivity index (χ4v) is 3.54. The van der Waals surface area contributed by atoms with E-state index in [9.17, 15) is 5.26 Å². The van der Waals surface area contributed by atoms with Crippen molar-refractivity contribution in [3.63, 3.8) is 0 Å². The molecule has 0 aliphatic carbocycles. The first-order chi connectivity index (χ1) is 15.2. The Morgan fingerprint density at radius 3 is 2.45 bits per heavy atom. The molecule has 3 N–H and O–H groups in total. The molecular formula is C24H17N7. The molecule has 5 aromatic rings. The standard InChI is InChI=1S/C24H17N7/c25-15-17-6-4-5-9-19(17)22-23(16-10-12-27-13-11-16)31-20(24(26)29-22)14-21(30-31)28-18-7-2-1-3-8-18/h1-14H,(H2,26,29)(H,28,30). The van der Waals surface area contributed by atoms with Crippen LogP contribution in [0.15, 0.2) is 85.2 Å². The average molecular weight is 403 g/mol. The van der Waals surface area contributed by atoms with Crippen molar-refractivity contribution in [2.45, 2.75) is 0 Å². The summed E-state index contributed by atoms with van der Waals surface area (Å²) in [6.45, 7) is 0. The van der Waals surface area contributed by atoms with Crippen molar-refractivity contribution in [1.29, 1.82) is 5.26 Å². The molecule has 0 bridgehead atoms. The molecule has 0 spiro atoms. The minimum absolute atomic E-state index is 0.328. The number of nitriles is 1. The lowest BCUT2D eigenvalue weighted by atomic mass is 10.0. The molecule has 0 unspecified atom stereocenters. The van der Waals surface area contributed by atoms with Gasteiger partial charge in [0.1, 0.15) is 17.0 Å². The number of nitrogens with one attached hydrogen (secondary N) is 1. The van der Waals surface area contributed by atoms with E-state index in [4.69, 9.17) is 15.8 Å². The van der Waals surface area contributed by atoms with Crippen molar-refractivity contribution < 1.29 is 0 Å². The number of fused-ring (bicyclic) bond motifs is 1. The van der Waals surface area contributed by atoms with E-state index in [-0.39, 0.29) is 0 Å². The van der Waals surface area contributed by atoms with Crippen LogP contribution >= 0.6 is 0 Å². The van der Waals surface area contributed by atoms with E-state index in [1.807, 2.05) is 66.7 Å². The number of nitrogens with zero attached hydrogens (tertiary/aromatic N) is 5. The van der Waals surface area contributed by atoms with Crippen molar-refractivity contribution in [2.24, 2.45) is 0 Å². The van der Waals surface area contributed by atoms with Gasteiger partial charge in [-0.2, -0.15) is 5.26 Å². The second-order valence-electron chi connectivity index (χ2n) is 6.91. The zero-order valence-corrected chi connectivity index (χ0v) is 16.4. The number of aromatic nitrogens is 4. The normalized spacial score (nSPS) is 10.7. The predicted molar refractivity (Wildman–Crippen MR) is 121 cm³/mol. The molecule has 0 saturated heterocycles. The quantitative estimate of drug-likeness (QED) is 0.452. The summed E-state index contributed by atoms with van der Waals surface area (Å²) in [4.78, 5) is 8.82. The van der Waals surface area contributed by atoms with Gasteiger partial charge in [0.15, 0.2) is 5.82 Å². The second-order valence-corrected chi connectivity index (χ2v) is 6.91. The van der Waals surface area contributed by atoms with Gasteiger partial charge in [-0.3, -0.25) is 4.98 Å². The van der Waals surface area contributed by atoms with Crippen LogP contribution < -0.4 is 11.1 Å². The van der Waals surface area contributed by atoms with Gasteiger partial charge >= 0.3 is 0 Å². The zero-order valence-electron chi connectivity index (χ0n) is 16.4. The number of para-hydroxylation sites is 1. The summed E-state index contributed by atoms with van der Waals surface area (Å²) in [5.41, 5.74) is 11.3. The van der Waals surface area contributed by atoms with Crippen molar-refractivity contribution >= 4 is 22.8 Å². The maximum atomic E-state index is 9.64. The molecule has 7 heteroatoms. The molecule has 148 valence electrons. The average Bonchev–Trinajstić information content (AvgIpc) is 3.24. The van der Waals surface area contributed by atoms with Gasteiger partial charge in [0.05, 0.1) is 17.3 Å². The molecule has 0 radical (unpaired) electrons. The minimum Gasteiger partial charge on any atom is -0.382 e. The minimum atomic E-state index is 0.328. The smallest absolute Gasteiger partial charge is 0.153 e. The Labute approximate surface area is 178 Å². The van der Waals surface area contributed by atoms with Gasteiger partial charge in [-0.25, -0.2) is 9.50 Å². The van der Waals surface area contributed by atoms with Gasteiger partial charge in [0.25, 0.3) is 0 Å². The highest BCUT2D eigenvalue weighted by atomic mass is 15.3. The van der Waals surface area contributed by atoms with Crippen LogP contribution in [-0.4, -0.2) is 19.6 Å². The summed E-state index contributed by atoms with van der Waals surface area (Å²) in [6, 6.07) is 25.0. The number of nitrogens with two attached hydrogens (primary N) is 1. The van der Waals surface area contributed by atoms with Crippen LogP contribution in [0.4, 0.5) is 17.3 Å². The SMILES string of the molecule is N#Cc1ccccc1-c1nc(N)c2cc(Nc3ccccc3)nn2c1-c1ccncc1. The molecule has 0 fully saturated rings. The van der Waals surface area contributed by atoms with Crippen LogP contribution in [0.5, 0.6) is 0 Å². The molecule has 0 aliphatic heterocycles. The third-order valence-corrected chi connectivity index (χ3v) is 4.94. The van der Waals surface area contributed by atoms with Crippen LogP contribution in [0.3, 0.4) is 0 Å². The number of hydrogen-bond donors (Lipinski definition) is 2. The number of pyridine rings is 1. The number of hydrogen-bond acceptors (Lipinski definition) is 6. The molecule has 7 nitrogen and oxygen atoms in total. The maximum Gasteiger partial charge on any atom is 0.153 e. The first-order valence-corrected chi connectivity index (χ1v) is 9.66.